The minimum Gasteiger partial charge on any atom is -0.479 e. The van der Waals surface area contributed by atoms with Gasteiger partial charge in [-0.15, -0.1) is 0 Å². The highest BCUT2D eigenvalue weighted by molar-refractivity contribution is 5.73. The van der Waals surface area contributed by atoms with E-state index in [-0.39, 0.29) is 26.1 Å². The maximum Gasteiger partial charge on any atom is 0.335 e. The molecule has 1 aliphatic heterocycles. The SMILES string of the molecule is CCCCCCCC/C=C\CCCCCCCCCCCC(=O)OCC(COC1OC(C(=O)O)C(O)C(O)C1O)OC(=O)CCCCCCCCCCCCCCCCCCCCC. The van der Waals surface area contributed by atoms with Gasteiger partial charge in [-0.2, -0.15) is 0 Å². The Hall–Kier alpha value is -2.05. The van der Waals surface area contributed by atoms with Gasteiger partial charge in [-0.05, 0) is 38.5 Å². The molecule has 1 aliphatic rings. The Labute approximate surface area is 390 Å². The molecule has 376 valence electrons. The third-order valence-electron chi connectivity index (χ3n) is 12.6. The number of allylic oxidation sites excluding steroid dienone is 2. The maximum absolute atomic E-state index is 12.8. The monoisotopic (exact) mass is 911 g/mol. The number of rotatable bonds is 46. The van der Waals surface area contributed by atoms with E-state index >= 15 is 0 Å². The highest BCUT2D eigenvalue weighted by Gasteiger charge is 2.47. The zero-order valence-electron chi connectivity index (χ0n) is 41.0. The van der Waals surface area contributed by atoms with Crippen LogP contribution in [0.4, 0.5) is 0 Å². The molecule has 6 unspecified atom stereocenters. The number of esters is 2. The average molecular weight is 911 g/mol. The molecule has 1 saturated heterocycles. The van der Waals surface area contributed by atoms with Gasteiger partial charge >= 0.3 is 17.9 Å². The van der Waals surface area contributed by atoms with E-state index in [1.54, 1.807) is 0 Å². The Kier molecular flexibility index (Phi) is 40.8. The molecule has 1 fully saturated rings. The summed E-state index contributed by atoms with van der Waals surface area (Å²) in [6, 6.07) is 0. The van der Waals surface area contributed by atoms with Crippen molar-refractivity contribution < 1.29 is 53.8 Å². The molecule has 0 aromatic rings. The Balaban J connectivity index is 2.27. The molecule has 0 radical (unpaired) electrons. The van der Waals surface area contributed by atoms with Gasteiger partial charge in [0.2, 0.25) is 0 Å². The fourth-order valence-electron chi connectivity index (χ4n) is 8.41. The van der Waals surface area contributed by atoms with E-state index in [4.69, 9.17) is 18.9 Å². The number of carbonyl (C=O) groups excluding carboxylic acids is 2. The molecule has 64 heavy (non-hydrogen) atoms. The molecule has 0 aromatic heterocycles. The lowest BCUT2D eigenvalue weighted by atomic mass is 9.99. The van der Waals surface area contributed by atoms with Gasteiger partial charge in [-0.1, -0.05) is 219 Å². The van der Waals surface area contributed by atoms with Gasteiger partial charge < -0.3 is 39.4 Å². The number of unbranched alkanes of at least 4 members (excludes halogenated alkanes) is 33. The quantitative estimate of drug-likeness (QED) is 0.0260. The Morgan fingerprint density at radius 1 is 0.469 bits per heavy atom. The first-order chi connectivity index (χ1) is 31.2. The molecule has 11 heteroatoms. The van der Waals surface area contributed by atoms with Gasteiger partial charge in [-0.3, -0.25) is 9.59 Å². The van der Waals surface area contributed by atoms with Crippen LogP contribution >= 0.6 is 0 Å². The lowest BCUT2D eigenvalue weighted by Gasteiger charge is -2.38. The summed E-state index contributed by atoms with van der Waals surface area (Å²) in [5, 5.41) is 40.0. The number of carboxylic acids is 1. The number of hydrogen-bond acceptors (Lipinski definition) is 10. The van der Waals surface area contributed by atoms with Crippen LogP contribution in [-0.4, -0.2) is 88.4 Å². The van der Waals surface area contributed by atoms with Crippen molar-refractivity contribution in [1.82, 2.24) is 0 Å². The second-order valence-electron chi connectivity index (χ2n) is 18.7. The summed E-state index contributed by atoms with van der Waals surface area (Å²) in [6.45, 7) is 3.86. The van der Waals surface area contributed by atoms with Crippen molar-refractivity contribution in [1.29, 1.82) is 0 Å². The number of ether oxygens (including phenoxy) is 4. The lowest BCUT2D eigenvalue weighted by molar-refractivity contribution is -0.298. The van der Waals surface area contributed by atoms with Gasteiger partial charge in [-0.25, -0.2) is 4.79 Å². The first-order valence-electron chi connectivity index (χ1n) is 26.7. The number of carboxylic acid groups (broad SMARTS) is 1. The van der Waals surface area contributed by atoms with Gasteiger partial charge in [0.1, 0.15) is 24.9 Å². The van der Waals surface area contributed by atoms with Crippen molar-refractivity contribution in [2.24, 2.45) is 0 Å². The fraction of sp³-hybridized carbons (Fsp3) is 0.906. The van der Waals surface area contributed by atoms with Crippen molar-refractivity contribution in [3.8, 4) is 0 Å². The molecule has 4 N–H and O–H groups in total. The first kappa shape index (κ1) is 60.0. The molecular formula is C53H98O11. The summed E-state index contributed by atoms with van der Waals surface area (Å²) < 4.78 is 21.9. The van der Waals surface area contributed by atoms with E-state index in [1.807, 2.05) is 0 Å². The van der Waals surface area contributed by atoms with Crippen LogP contribution in [0, 0.1) is 0 Å². The molecule has 0 spiro atoms. The Morgan fingerprint density at radius 2 is 0.828 bits per heavy atom. The van der Waals surface area contributed by atoms with Crippen molar-refractivity contribution >= 4 is 17.9 Å². The van der Waals surface area contributed by atoms with Crippen LogP contribution in [0.2, 0.25) is 0 Å². The first-order valence-corrected chi connectivity index (χ1v) is 26.7. The van der Waals surface area contributed by atoms with E-state index in [0.29, 0.717) is 12.8 Å². The summed E-state index contributed by atoms with van der Waals surface area (Å²) in [6.07, 6.45) is 39.7. The molecule has 0 amide bonds. The van der Waals surface area contributed by atoms with Gasteiger partial charge in [0, 0.05) is 12.8 Å². The number of aliphatic hydroxyl groups is 3. The molecule has 0 aromatic carbocycles. The summed E-state index contributed by atoms with van der Waals surface area (Å²) in [5.41, 5.74) is 0. The molecule has 0 saturated carbocycles. The fourth-order valence-corrected chi connectivity index (χ4v) is 8.41. The number of hydrogen-bond donors (Lipinski definition) is 4. The minimum atomic E-state index is -1.86. The highest BCUT2D eigenvalue weighted by atomic mass is 16.7. The number of aliphatic hydroxyl groups excluding tert-OH is 3. The van der Waals surface area contributed by atoms with Gasteiger partial charge in [0.05, 0.1) is 6.61 Å². The van der Waals surface area contributed by atoms with Crippen molar-refractivity contribution in [3.63, 3.8) is 0 Å². The molecule has 0 aliphatic carbocycles. The van der Waals surface area contributed by atoms with Gasteiger partial charge in [0.15, 0.2) is 18.5 Å². The molecule has 1 rings (SSSR count). The number of carbonyl (C=O) groups is 3. The van der Waals surface area contributed by atoms with E-state index in [1.165, 1.54) is 180 Å². The standard InChI is InChI=1S/C53H98O11/c1-3-5-7-9-11-13-15-17-19-21-23-25-27-29-31-33-35-37-39-41-46(54)61-43-45(44-62-53-50(58)48(56)49(57)51(64-53)52(59)60)63-47(55)42-40-38-36-34-32-30-28-26-24-22-20-18-16-14-12-10-8-6-4-2/h17,19,45,48-51,53,56-58H,3-16,18,20-44H2,1-2H3,(H,59,60)/b19-17-. The smallest absolute Gasteiger partial charge is 0.335 e. The van der Waals surface area contributed by atoms with E-state index in [9.17, 15) is 34.8 Å². The second kappa shape index (κ2) is 43.5. The summed E-state index contributed by atoms with van der Waals surface area (Å²) in [4.78, 5) is 37.0. The molecule has 6 atom stereocenters. The third kappa shape index (κ3) is 34.3. The van der Waals surface area contributed by atoms with E-state index in [2.05, 4.69) is 26.0 Å². The molecular weight excluding hydrogens is 813 g/mol. The highest BCUT2D eigenvalue weighted by Crippen LogP contribution is 2.23. The van der Waals surface area contributed by atoms with Crippen LogP contribution < -0.4 is 0 Å². The van der Waals surface area contributed by atoms with Crippen LogP contribution in [0.15, 0.2) is 12.2 Å². The van der Waals surface area contributed by atoms with Crippen LogP contribution in [0.1, 0.15) is 258 Å². The normalized spacial score (nSPS) is 19.3. The topological polar surface area (TPSA) is 169 Å². The predicted octanol–water partition coefficient (Wildman–Crippen LogP) is 12.8. The largest absolute Gasteiger partial charge is 0.479 e. The maximum atomic E-state index is 12.8. The van der Waals surface area contributed by atoms with Crippen molar-refractivity contribution in [2.45, 2.75) is 295 Å². The Morgan fingerprint density at radius 3 is 1.22 bits per heavy atom. The van der Waals surface area contributed by atoms with Gasteiger partial charge in [0.25, 0.3) is 0 Å². The average Bonchev–Trinajstić information content (AvgIpc) is 3.28. The predicted molar refractivity (Wildman–Crippen MR) is 257 cm³/mol. The van der Waals surface area contributed by atoms with Crippen LogP contribution in [-0.2, 0) is 33.3 Å². The lowest BCUT2D eigenvalue weighted by Crippen LogP contribution is -2.60. The molecule has 11 nitrogen and oxygen atoms in total. The summed E-state index contributed by atoms with van der Waals surface area (Å²) in [5.74, 6) is -2.42. The van der Waals surface area contributed by atoms with Crippen molar-refractivity contribution in [2.75, 3.05) is 13.2 Å². The summed E-state index contributed by atoms with van der Waals surface area (Å²) >= 11 is 0. The van der Waals surface area contributed by atoms with Crippen LogP contribution in [0.25, 0.3) is 0 Å². The minimum absolute atomic E-state index is 0.189. The Bertz CT molecular complexity index is 1120. The summed E-state index contributed by atoms with van der Waals surface area (Å²) in [7, 11) is 0. The van der Waals surface area contributed by atoms with E-state index < -0.39 is 54.7 Å². The van der Waals surface area contributed by atoms with Crippen molar-refractivity contribution in [3.05, 3.63) is 12.2 Å². The van der Waals surface area contributed by atoms with E-state index in [0.717, 1.165) is 38.5 Å². The zero-order chi connectivity index (χ0) is 46.7. The van der Waals surface area contributed by atoms with Crippen LogP contribution in [0.5, 0.6) is 0 Å². The molecule has 0 bridgehead atoms. The van der Waals surface area contributed by atoms with Crippen LogP contribution in [0.3, 0.4) is 0 Å². The molecule has 1 heterocycles. The third-order valence-corrected chi connectivity index (χ3v) is 12.6. The number of aliphatic carboxylic acids is 1. The zero-order valence-corrected chi connectivity index (χ0v) is 41.0. The second-order valence-corrected chi connectivity index (χ2v) is 18.7.